The summed E-state index contributed by atoms with van der Waals surface area (Å²) in [5, 5.41) is 16.3. The molecule has 8 heavy (non-hydrogen) atoms. The van der Waals surface area contributed by atoms with E-state index in [4.69, 9.17) is 10.2 Å². The highest BCUT2D eigenvalue weighted by Crippen LogP contribution is 1.88. The quantitative estimate of drug-likeness (QED) is 0.269. The smallest absolute Gasteiger partial charge is 0.383 e. The SMILES string of the molecule is COC(=O)C(N)(O)O. The third-order valence-corrected chi connectivity index (χ3v) is 0.486. The van der Waals surface area contributed by atoms with Crippen LogP contribution in [-0.2, 0) is 9.53 Å². The highest BCUT2D eigenvalue weighted by Gasteiger charge is 2.28. The molecule has 0 amide bonds. The van der Waals surface area contributed by atoms with Crippen molar-refractivity contribution in [1.82, 2.24) is 0 Å². The molecule has 5 nitrogen and oxygen atoms in total. The van der Waals surface area contributed by atoms with Gasteiger partial charge in [0, 0.05) is 0 Å². The van der Waals surface area contributed by atoms with Crippen molar-refractivity contribution < 1.29 is 19.7 Å². The summed E-state index contributed by atoms with van der Waals surface area (Å²) in [5.41, 5.74) is 4.43. The van der Waals surface area contributed by atoms with Crippen LogP contribution in [0.3, 0.4) is 0 Å². The molecule has 0 saturated heterocycles. The molecule has 0 aromatic rings. The first-order valence-corrected chi connectivity index (χ1v) is 1.80. The van der Waals surface area contributed by atoms with Crippen molar-refractivity contribution in [3.8, 4) is 0 Å². The fraction of sp³-hybridized carbons (Fsp3) is 0.667. The average molecular weight is 121 g/mol. The minimum absolute atomic E-state index is 0.996. The number of ether oxygens (including phenoxy) is 1. The minimum atomic E-state index is -2.85. The first-order chi connectivity index (χ1) is 3.48. The first kappa shape index (κ1) is 7.35. The van der Waals surface area contributed by atoms with Crippen molar-refractivity contribution in [2.45, 2.75) is 5.91 Å². The van der Waals surface area contributed by atoms with Gasteiger partial charge in [0.2, 0.25) is 0 Å². The van der Waals surface area contributed by atoms with Gasteiger partial charge in [0.25, 0.3) is 0 Å². The Morgan fingerprint density at radius 2 is 2.12 bits per heavy atom. The molecule has 5 heteroatoms. The number of rotatable bonds is 1. The molecule has 0 rings (SSSR count). The number of hydrogen-bond donors (Lipinski definition) is 3. The number of methoxy groups -OCH3 is 1. The summed E-state index contributed by atoms with van der Waals surface area (Å²) in [4.78, 5) is 9.99. The van der Waals surface area contributed by atoms with Crippen LogP contribution >= 0.6 is 0 Å². The van der Waals surface area contributed by atoms with Gasteiger partial charge in [-0.15, -0.1) is 0 Å². The van der Waals surface area contributed by atoms with Crippen LogP contribution in [-0.4, -0.2) is 29.2 Å². The summed E-state index contributed by atoms with van der Waals surface area (Å²) in [6, 6.07) is 0. The van der Waals surface area contributed by atoms with Gasteiger partial charge in [-0.1, -0.05) is 0 Å². The van der Waals surface area contributed by atoms with Crippen LogP contribution in [0.25, 0.3) is 0 Å². The Morgan fingerprint density at radius 3 is 2.12 bits per heavy atom. The van der Waals surface area contributed by atoms with Crippen LogP contribution in [0.1, 0.15) is 0 Å². The Hall–Kier alpha value is -0.650. The molecule has 0 bridgehead atoms. The zero-order valence-corrected chi connectivity index (χ0v) is 4.29. The van der Waals surface area contributed by atoms with Gasteiger partial charge >= 0.3 is 11.9 Å². The monoisotopic (exact) mass is 121 g/mol. The molecule has 0 heterocycles. The van der Waals surface area contributed by atoms with E-state index in [9.17, 15) is 4.79 Å². The predicted octanol–water partition coefficient (Wildman–Crippen LogP) is -2.24. The normalized spacial score (nSPS) is 11.0. The average Bonchev–Trinajstić information content (AvgIpc) is 1.62. The van der Waals surface area contributed by atoms with Crippen molar-refractivity contribution in [2.75, 3.05) is 7.11 Å². The topological polar surface area (TPSA) is 92.8 Å². The number of aliphatic hydroxyl groups is 2. The van der Waals surface area contributed by atoms with Gasteiger partial charge in [-0.05, 0) is 0 Å². The third-order valence-electron chi connectivity index (χ3n) is 0.486. The van der Waals surface area contributed by atoms with Crippen LogP contribution in [0.15, 0.2) is 0 Å². The lowest BCUT2D eigenvalue weighted by Gasteiger charge is -2.10. The molecule has 0 saturated carbocycles. The van der Waals surface area contributed by atoms with E-state index < -0.39 is 11.9 Å². The molecule has 0 unspecified atom stereocenters. The lowest BCUT2D eigenvalue weighted by molar-refractivity contribution is -0.204. The lowest BCUT2D eigenvalue weighted by atomic mass is 10.5. The van der Waals surface area contributed by atoms with Crippen molar-refractivity contribution in [1.29, 1.82) is 0 Å². The summed E-state index contributed by atoms with van der Waals surface area (Å²) in [7, 11) is 0.996. The molecular formula is C3H7NO4. The van der Waals surface area contributed by atoms with Crippen LogP contribution in [0.2, 0.25) is 0 Å². The minimum Gasteiger partial charge on any atom is -0.464 e. The Kier molecular flexibility index (Phi) is 1.91. The van der Waals surface area contributed by atoms with Gasteiger partial charge in [0.1, 0.15) is 0 Å². The summed E-state index contributed by atoms with van der Waals surface area (Å²) in [6.07, 6.45) is 0. The molecule has 0 radical (unpaired) electrons. The summed E-state index contributed by atoms with van der Waals surface area (Å²) >= 11 is 0. The van der Waals surface area contributed by atoms with E-state index in [0.717, 1.165) is 7.11 Å². The maximum absolute atomic E-state index is 9.99. The van der Waals surface area contributed by atoms with Gasteiger partial charge in [0.05, 0.1) is 7.11 Å². The number of carbonyl (C=O) groups is 1. The Bertz CT molecular complexity index is 93.9. The van der Waals surface area contributed by atoms with Crippen molar-refractivity contribution in [3.05, 3.63) is 0 Å². The number of hydrogen-bond acceptors (Lipinski definition) is 5. The van der Waals surface area contributed by atoms with E-state index in [0.29, 0.717) is 0 Å². The van der Waals surface area contributed by atoms with E-state index in [2.05, 4.69) is 10.5 Å². The second-order valence-electron chi connectivity index (χ2n) is 1.22. The molecule has 0 aliphatic carbocycles. The molecule has 0 aliphatic rings. The fourth-order valence-corrected chi connectivity index (χ4v) is 0.150. The summed E-state index contributed by atoms with van der Waals surface area (Å²) < 4.78 is 3.85. The van der Waals surface area contributed by atoms with Crippen LogP contribution in [0.5, 0.6) is 0 Å². The summed E-state index contributed by atoms with van der Waals surface area (Å²) in [6.45, 7) is 0. The van der Waals surface area contributed by atoms with E-state index in [1.54, 1.807) is 0 Å². The third kappa shape index (κ3) is 1.87. The zero-order chi connectivity index (χ0) is 6.78. The first-order valence-electron chi connectivity index (χ1n) is 1.80. The van der Waals surface area contributed by atoms with Gasteiger partial charge in [-0.25, -0.2) is 4.79 Å². The van der Waals surface area contributed by atoms with Gasteiger partial charge in [-0.3, -0.25) is 5.73 Å². The van der Waals surface area contributed by atoms with Crippen molar-refractivity contribution in [3.63, 3.8) is 0 Å². The number of nitrogens with two attached hydrogens (primary N) is 1. The van der Waals surface area contributed by atoms with Crippen molar-refractivity contribution >= 4 is 5.97 Å². The second-order valence-corrected chi connectivity index (χ2v) is 1.22. The highest BCUT2D eigenvalue weighted by molar-refractivity contribution is 5.75. The van der Waals surface area contributed by atoms with Gasteiger partial charge in [0.15, 0.2) is 0 Å². The molecule has 48 valence electrons. The lowest BCUT2D eigenvalue weighted by Crippen LogP contribution is -2.48. The van der Waals surface area contributed by atoms with Crippen LogP contribution < -0.4 is 5.73 Å². The molecule has 4 N–H and O–H groups in total. The second kappa shape index (κ2) is 2.08. The molecule has 0 fully saturated rings. The number of esters is 1. The molecule has 0 aromatic heterocycles. The van der Waals surface area contributed by atoms with Crippen LogP contribution in [0.4, 0.5) is 0 Å². The Balaban J connectivity index is 3.82. The molecule has 0 atom stereocenters. The maximum atomic E-state index is 9.99. The highest BCUT2D eigenvalue weighted by atomic mass is 16.6. The molecule has 0 spiro atoms. The van der Waals surface area contributed by atoms with E-state index in [1.807, 2.05) is 0 Å². The van der Waals surface area contributed by atoms with Crippen molar-refractivity contribution in [2.24, 2.45) is 5.73 Å². The predicted molar refractivity (Wildman–Crippen MR) is 23.4 cm³/mol. The van der Waals surface area contributed by atoms with E-state index >= 15 is 0 Å². The Morgan fingerprint density at radius 1 is 1.75 bits per heavy atom. The zero-order valence-electron chi connectivity index (χ0n) is 4.29. The largest absolute Gasteiger partial charge is 0.464 e. The fourth-order valence-electron chi connectivity index (χ4n) is 0.150. The van der Waals surface area contributed by atoms with Gasteiger partial charge < -0.3 is 14.9 Å². The Labute approximate surface area is 45.7 Å². The number of carbonyl (C=O) groups excluding carboxylic acids is 1. The van der Waals surface area contributed by atoms with E-state index in [-0.39, 0.29) is 0 Å². The van der Waals surface area contributed by atoms with Gasteiger partial charge in [-0.2, -0.15) is 0 Å². The van der Waals surface area contributed by atoms with Crippen LogP contribution in [0, 0.1) is 0 Å². The summed E-state index contributed by atoms with van der Waals surface area (Å²) in [5.74, 6) is -4.13. The molecular weight excluding hydrogens is 114 g/mol. The molecule has 0 aliphatic heterocycles. The molecule has 0 aromatic carbocycles. The van der Waals surface area contributed by atoms with E-state index in [1.165, 1.54) is 0 Å². The maximum Gasteiger partial charge on any atom is 0.383 e. The standard InChI is InChI=1S/C3H7NO4/c1-8-2(5)3(4,6)7/h6-7H,4H2,1H3.